The van der Waals surface area contributed by atoms with Gasteiger partial charge in [0.25, 0.3) is 0 Å². The fourth-order valence-corrected chi connectivity index (χ4v) is 1.31. The maximum absolute atomic E-state index is 5.40. The Kier molecular flexibility index (Phi) is 4.39. The minimum absolute atomic E-state index is 0.608. The number of rotatable bonds is 4. The maximum atomic E-state index is 5.40. The van der Waals surface area contributed by atoms with E-state index in [4.69, 9.17) is 9.47 Å². The molecule has 66 valence electrons. The highest BCUT2D eigenvalue weighted by molar-refractivity contribution is 14.1. The number of ether oxygens (including phenoxy) is 2. The lowest BCUT2D eigenvalue weighted by molar-refractivity contribution is 0.146. The van der Waals surface area contributed by atoms with Crippen LogP contribution < -0.4 is 4.74 Å². The van der Waals surface area contributed by atoms with Crippen LogP contribution in [-0.2, 0) is 4.74 Å². The van der Waals surface area contributed by atoms with Gasteiger partial charge in [0.15, 0.2) is 0 Å². The van der Waals surface area contributed by atoms with Crippen molar-refractivity contribution >= 4 is 22.6 Å². The Labute approximate surface area is 86.0 Å². The third kappa shape index (κ3) is 3.40. The van der Waals surface area contributed by atoms with E-state index in [0.717, 1.165) is 5.75 Å². The van der Waals surface area contributed by atoms with E-state index in [9.17, 15) is 0 Å². The summed E-state index contributed by atoms with van der Waals surface area (Å²) in [5.41, 5.74) is 0. The zero-order valence-corrected chi connectivity index (χ0v) is 9.08. The first-order valence-corrected chi connectivity index (χ1v) is 4.78. The van der Waals surface area contributed by atoms with Crippen molar-refractivity contribution in [1.82, 2.24) is 0 Å². The molecule has 1 rings (SSSR count). The number of benzene rings is 1. The fraction of sp³-hybridized carbons (Fsp3) is 0.333. The lowest BCUT2D eigenvalue weighted by Gasteiger charge is -2.04. The Morgan fingerprint density at radius 2 is 2.17 bits per heavy atom. The first kappa shape index (κ1) is 9.80. The molecule has 12 heavy (non-hydrogen) atoms. The molecule has 0 aliphatic carbocycles. The summed E-state index contributed by atoms with van der Waals surface area (Å²) in [6.07, 6.45) is 0. The monoisotopic (exact) mass is 278 g/mol. The molecular weight excluding hydrogens is 267 g/mol. The molecule has 0 heterocycles. The minimum atomic E-state index is 0.608. The summed E-state index contributed by atoms with van der Waals surface area (Å²) in [6.45, 7) is 1.24. The highest BCUT2D eigenvalue weighted by Gasteiger charge is 1.92. The second-order valence-electron chi connectivity index (χ2n) is 2.30. The van der Waals surface area contributed by atoms with E-state index in [1.54, 1.807) is 7.11 Å². The average molecular weight is 278 g/mol. The van der Waals surface area contributed by atoms with Gasteiger partial charge in [0.05, 0.1) is 6.61 Å². The predicted octanol–water partition coefficient (Wildman–Crippen LogP) is 2.32. The number of halogens is 1. The second kappa shape index (κ2) is 5.37. The minimum Gasteiger partial charge on any atom is -0.491 e. The quantitative estimate of drug-likeness (QED) is 0.621. The summed E-state index contributed by atoms with van der Waals surface area (Å²) in [4.78, 5) is 0. The van der Waals surface area contributed by atoms with Crippen LogP contribution in [-0.4, -0.2) is 20.3 Å². The molecule has 1 aromatic rings. The second-order valence-corrected chi connectivity index (χ2v) is 3.54. The van der Waals surface area contributed by atoms with Gasteiger partial charge in [-0.25, -0.2) is 0 Å². The molecule has 0 fully saturated rings. The molecule has 2 nitrogen and oxygen atoms in total. The fourth-order valence-electron chi connectivity index (χ4n) is 0.800. The highest BCUT2D eigenvalue weighted by atomic mass is 127. The molecule has 0 bridgehead atoms. The molecule has 1 aromatic carbocycles. The van der Waals surface area contributed by atoms with Crippen LogP contribution in [0.1, 0.15) is 0 Å². The molecular formula is C9H11IO2. The Hall–Kier alpha value is -0.290. The van der Waals surface area contributed by atoms with Crippen LogP contribution in [0.3, 0.4) is 0 Å². The molecule has 0 N–H and O–H groups in total. The van der Waals surface area contributed by atoms with Crippen LogP contribution in [0, 0.1) is 3.57 Å². The van der Waals surface area contributed by atoms with Crippen LogP contribution in [0.5, 0.6) is 5.75 Å². The van der Waals surface area contributed by atoms with Crippen molar-refractivity contribution in [1.29, 1.82) is 0 Å². The standard InChI is InChI=1S/C9H11IO2/c1-11-5-6-12-9-4-2-3-8(10)7-9/h2-4,7H,5-6H2,1H3. The van der Waals surface area contributed by atoms with Gasteiger partial charge in [0.2, 0.25) is 0 Å². The van der Waals surface area contributed by atoms with Crippen LogP contribution in [0.25, 0.3) is 0 Å². The third-order valence-electron chi connectivity index (χ3n) is 1.35. The van der Waals surface area contributed by atoms with Crippen molar-refractivity contribution in [3.63, 3.8) is 0 Å². The average Bonchev–Trinajstić information content (AvgIpc) is 2.05. The molecule has 0 radical (unpaired) electrons. The van der Waals surface area contributed by atoms with E-state index in [-0.39, 0.29) is 0 Å². The van der Waals surface area contributed by atoms with Gasteiger partial charge < -0.3 is 9.47 Å². The molecule has 0 aromatic heterocycles. The first-order chi connectivity index (χ1) is 5.83. The van der Waals surface area contributed by atoms with E-state index in [0.29, 0.717) is 13.2 Å². The van der Waals surface area contributed by atoms with Crippen molar-refractivity contribution < 1.29 is 9.47 Å². The zero-order valence-electron chi connectivity index (χ0n) is 6.92. The van der Waals surface area contributed by atoms with E-state index >= 15 is 0 Å². The Morgan fingerprint density at radius 3 is 2.83 bits per heavy atom. The van der Waals surface area contributed by atoms with Crippen molar-refractivity contribution in [3.05, 3.63) is 27.8 Å². The van der Waals surface area contributed by atoms with Crippen LogP contribution in [0.4, 0.5) is 0 Å². The molecule has 0 aliphatic rings. The first-order valence-electron chi connectivity index (χ1n) is 3.70. The molecule has 0 unspecified atom stereocenters. The molecule has 0 saturated heterocycles. The summed E-state index contributed by atoms with van der Waals surface area (Å²) in [5, 5.41) is 0. The molecule has 0 aliphatic heterocycles. The molecule has 0 atom stereocenters. The van der Waals surface area contributed by atoms with Gasteiger partial charge in [-0.1, -0.05) is 6.07 Å². The SMILES string of the molecule is COCCOc1cccc(I)c1. The summed E-state index contributed by atoms with van der Waals surface area (Å²) < 4.78 is 11.4. The summed E-state index contributed by atoms with van der Waals surface area (Å²) in [6, 6.07) is 7.95. The largest absolute Gasteiger partial charge is 0.491 e. The number of hydrogen-bond donors (Lipinski definition) is 0. The Morgan fingerprint density at radius 1 is 1.33 bits per heavy atom. The van der Waals surface area contributed by atoms with Crippen molar-refractivity contribution in [2.45, 2.75) is 0 Å². The van der Waals surface area contributed by atoms with E-state index in [2.05, 4.69) is 22.6 Å². The number of methoxy groups -OCH3 is 1. The van der Waals surface area contributed by atoms with Crippen LogP contribution in [0.15, 0.2) is 24.3 Å². The predicted molar refractivity (Wildman–Crippen MR) is 56.5 cm³/mol. The van der Waals surface area contributed by atoms with Gasteiger partial charge in [0.1, 0.15) is 12.4 Å². The van der Waals surface area contributed by atoms with Gasteiger partial charge >= 0.3 is 0 Å². The summed E-state index contributed by atoms with van der Waals surface area (Å²) >= 11 is 2.26. The third-order valence-corrected chi connectivity index (χ3v) is 2.02. The molecule has 0 saturated carbocycles. The lowest BCUT2D eigenvalue weighted by atomic mass is 10.3. The maximum Gasteiger partial charge on any atom is 0.120 e. The lowest BCUT2D eigenvalue weighted by Crippen LogP contribution is -2.03. The van der Waals surface area contributed by atoms with Crippen molar-refractivity contribution in [2.24, 2.45) is 0 Å². The zero-order chi connectivity index (χ0) is 8.81. The molecule has 0 spiro atoms. The van der Waals surface area contributed by atoms with Crippen molar-refractivity contribution in [3.8, 4) is 5.75 Å². The van der Waals surface area contributed by atoms with E-state index < -0.39 is 0 Å². The smallest absolute Gasteiger partial charge is 0.120 e. The van der Waals surface area contributed by atoms with Gasteiger partial charge in [-0.3, -0.25) is 0 Å². The number of hydrogen-bond acceptors (Lipinski definition) is 2. The Balaban J connectivity index is 2.41. The summed E-state index contributed by atoms with van der Waals surface area (Å²) in [5.74, 6) is 0.902. The van der Waals surface area contributed by atoms with Gasteiger partial charge in [-0.05, 0) is 40.8 Å². The summed E-state index contributed by atoms with van der Waals surface area (Å²) in [7, 11) is 1.66. The Bertz CT molecular complexity index is 238. The van der Waals surface area contributed by atoms with Gasteiger partial charge in [-0.15, -0.1) is 0 Å². The topological polar surface area (TPSA) is 18.5 Å². The van der Waals surface area contributed by atoms with Crippen molar-refractivity contribution in [2.75, 3.05) is 20.3 Å². The van der Waals surface area contributed by atoms with Gasteiger partial charge in [-0.2, -0.15) is 0 Å². The van der Waals surface area contributed by atoms with Crippen LogP contribution >= 0.6 is 22.6 Å². The molecule has 3 heteroatoms. The van der Waals surface area contributed by atoms with Crippen LogP contribution in [0.2, 0.25) is 0 Å². The van der Waals surface area contributed by atoms with Gasteiger partial charge in [0, 0.05) is 10.7 Å². The molecule has 0 amide bonds. The van der Waals surface area contributed by atoms with E-state index in [1.165, 1.54) is 3.57 Å². The van der Waals surface area contributed by atoms with E-state index in [1.807, 2.05) is 24.3 Å². The highest BCUT2D eigenvalue weighted by Crippen LogP contribution is 2.14. The normalized spacial score (nSPS) is 9.83.